The number of carboxylic acid groups (broad SMARTS) is 1. The third-order valence-corrected chi connectivity index (χ3v) is 4.98. The summed E-state index contributed by atoms with van der Waals surface area (Å²) in [7, 11) is 0. The van der Waals surface area contributed by atoms with Gasteiger partial charge in [0.05, 0.1) is 14.6 Å². The lowest BCUT2D eigenvalue weighted by atomic mass is 10.1. The summed E-state index contributed by atoms with van der Waals surface area (Å²) in [6.45, 7) is 1.23. The van der Waals surface area contributed by atoms with Gasteiger partial charge in [0.2, 0.25) is 0 Å². The Bertz CT molecular complexity index is 629. The second-order valence-electron chi connectivity index (χ2n) is 4.65. The van der Waals surface area contributed by atoms with Crippen LogP contribution < -0.4 is 4.90 Å². The van der Waals surface area contributed by atoms with Crippen molar-refractivity contribution in [3.8, 4) is 10.6 Å². The minimum Gasteiger partial charge on any atom is -0.481 e. The maximum absolute atomic E-state index is 11.0. The van der Waals surface area contributed by atoms with E-state index in [1.807, 2.05) is 29.2 Å². The number of aromatic nitrogens is 2. The van der Waals surface area contributed by atoms with Crippen LogP contribution in [0.15, 0.2) is 28.1 Å². The summed E-state index contributed by atoms with van der Waals surface area (Å²) in [6.07, 6.45) is 0.663. The van der Waals surface area contributed by atoms with Crippen LogP contribution in [0.3, 0.4) is 0 Å². The number of thiophene rings is 1. The van der Waals surface area contributed by atoms with Gasteiger partial charge in [-0.05, 0) is 46.6 Å². The molecule has 1 unspecified atom stereocenters. The van der Waals surface area contributed by atoms with Crippen molar-refractivity contribution in [3.05, 3.63) is 28.1 Å². The molecule has 1 fully saturated rings. The summed E-state index contributed by atoms with van der Waals surface area (Å²) in [4.78, 5) is 14.0. The minimum atomic E-state index is -0.736. The quantitative estimate of drug-likeness (QED) is 0.918. The SMILES string of the molecule is O=C(O)C1CCN(c2ccc(-c3ccc(Br)s3)nn2)C1. The summed E-state index contributed by atoms with van der Waals surface area (Å²) in [5.41, 5.74) is 0.832. The lowest BCUT2D eigenvalue weighted by Gasteiger charge is -2.15. The van der Waals surface area contributed by atoms with Gasteiger partial charge in [0.15, 0.2) is 5.82 Å². The molecule has 0 spiro atoms. The molecule has 1 atom stereocenters. The third kappa shape index (κ3) is 2.69. The molecule has 2 aromatic heterocycles. The minimum absolute atomic E-state index is 0.301. The molecule has 0 aliphatic carbocycles. The standard InChI is InChI=1S/C13H12BrN3O2S/c14-11-3-2-10(20-11)9-1-4-12(16-15-9)17-6-5-8(7-17)13(18)19/h1-4,8H,5-7H2,(H,18,19). The zero-order valence-electron chi connectivity index (χ0n) is 10.5. The lowest BCUT2D eigenvalue weighted by Crippen LogP contribution is -2.23. The molecule has 3 heterocycles. The zero-order valence-corrected chi connectivity index (χ0v) is 12.9. The van der Waals surface area contributed by atoms with Gasteiger partial charge in [0.25, 0.3) is 0 Å². The van der Waals surface area contributed by atoms with Crippen LogP contribution in [0.4, 0.5) is 5.82 Å². The second-order valence-corrected chi connectivity index (χ2v) is 7.11. The molecule has 1 aliphatic heterocycles. The highest BCUT2D eigenvalue weighted by atomic mass is 79.9. The molecule has 0 bridgehead atoms. The molecule has 0 radical (unpaired) electrons. The molecule has 3 rings (SSSR count). The van der Waals surface area contributed by atoms with Gasteiger partial charge in [-0.2, -0.15) is 0 Å². The van der Waals surface area contributed by atoms with E-state index in [0.717, 1.165) is 26.7 Å². The van der Waals surface area contributed by atoms with Gasteiger partial charge in [0.1, 0.15) is 5.69 Å². The zero-order chi connectivity index (χ0) is 14.1. The van der Waals surface area contributed by atoms with E-state index in [1.165, 1.54) is 0 Å². The van der Waals surface area contributed by atoms with Crippen molar-refractivity contribution in [1.29, 1.82) is 0 Å². The van der Waals surface area contributed by atoms with E-state index < -0.39 is 5.97 Å². The molecule has 20 heavy (non-hydrogen) atoms. The Kier molecular flexibility index (Phi) is 3.71. The van der Waals surface area contributed by atoms with Crippen LogP contribution in [0.5, 0.6) is 0 Å². The number of aliphatic carboxylic acids is 1. The van der Waals surface area contributed by atoms with Gasteiger partial charge in [-0.3, -0.25) is 4.79 Å². The fourth-order valence-corrected chi connectivity index (χ4v) is 3.60. The number of carbonyl (C=O) groups is 1. The molecule has 1 saturated heterocycles. The molecule has 5 nitrogen and oxygen atoms in total. The van der Waals surface area contributed by atoms with E-state index in [2.05, 4.69) is 26.1 Å². The number of nitrogens with zero attached hydrogens (tertiary/aromatic N) is 3. The summed E-state index contributed by atoms with van der Waals surface area (Å²) in [5.74, 6) is -0.293. The number of carboxylic acids is 1. The first-order chi connectivity index (χ1) is 9.63. The number of hydrogen-bond donors (Lipinski definition) is 1. The molecule has 0 amide bonds. The van der Waals surface area contributed by atoms with Crippen LogP contribution in [0, 0.1) is 5.92 Å². The molecule has 1 aliphatic rings. The van der Waals surface area contributed by atoms with E-state index in [9.17, 15) is 4.79 Å². The average molecular weight is 354 g/mol. The maximum Gasteiger partial charge on any atom is 0.308 e. The Morgan fingerprint density at radius 3 is 2.75 bits per heavy atom. The predicted molar refractivity (Wildman–Crippen MR) is 81.0 cm³/mol. The van der Waals surface area contributed by atoms with Gasteiger partial charge in [-0.15, -0.1) is 21.5 Å². The Morgan fingerprint density at radius 2 is 2.20 bits per heavy atom. The van der Waals surface area contributed by atoms with Crippen molar-refractivity contribution in [1.82, 2.24) is 10.2 Å². The summed E-state index contributed by atoms with van der Waals surface area (Å²) in [5, 5.41) is 17.4. The third-order valence-electron chi connectivity index (χ3n) is 3.34. The molecule has 1 N–H and O–H groups in total. The molecular weight excluding hydrogens is 342 g/mol. The Morgan fingerprint density at radius 1 is 1.35 bits per heavy atom. The highest BCUT2D eigenvalue weighted by Crippen LogP contribution is 2.30. The largest absolute Gasteiger partial charge is 0.481 e. The van der Waals surface area contributed by atoms with Crippen molar-refractivity contribution in [2.24, 2.45) is 5.92 Å². The normalized spacial score (nSPS) is 18.4. The predicted octanol–water partition coefficient (Wildman–Crippen LogP) is 2.88. The second kappa shape index (κ2) is 5.49. The Balaban J connectivity index is 1.75. The highest BCUT2D eigenvalue weighted by Gasteiger charge is 2.28. The first kappa shape index (κ1) is 13.5. The van der Waals surface area contributed by atoms with E-state index in [1.54, 1.807) is 11.3 Å². The van der Waals surface area contributed by atoms with Crippen LogP contribution in [0.2, 0.25) is 0 Å². The van der Waals surface area contributed by atoms with Crippen molar-refractivity contribution < 1.29 is 9.90 Å². The topological polar surface area (TPSA) is 66.3 Å². The Hall–Kier alpha value is -1.47. The summed E-state index contributed by atoms with van der Waals surface area (Å²) < 4.78 is 1.06. The monoisotopic (exact) mass is 353 g/mol. The van der Waals surface area contributed by atoms with Crippen molar-refractivity contribution in [3.63, 3.8) is 0 Å². The summed E-state index contributed by atoms with van der Waals surface area (Å²) >= 11 is 5.03. The highest BCUT2D eigenvalue weighted by molar-refractivity contribution is 9.11. The number of halogens is 1. The molecule has 7 heteroatoms. The van der Waals surface area contributed by atoms with Crippen LogP contribution in [0.25, 0.3) is 10.6 Å². The van der Waals surface area contributed by atoms with E-state index >= 15 is 0 Å². The van der Waals surface area contributed by atoms with Crippen LogP contribution in [-0.4, -0.2) is 34.4 Å². The molecule has 2 aromatic rings. The Labute approximate surface area is 128 Å². The fraction of sp³-hybridized carbons (Fsp3) is 0.308. The van der Waals surface area contributed by atoms with Crippen LogP contribution in [-0.2, 0) is 4.79 Å². The number of hydrogen-bond acceptors (Lipinski definition) is 5. The lowest BCUT2D eigenvalue weighted by molar-refractivity contribution is -0.140. The smallest absolute Gasteiger partial charge is 0.308 e. The van der Waals surface area contributed by atoms with Crippen LogP contribution >= 0.6 is 27.3 Å². The van der Waals surface area contributed by atoms with Gasteiger partial charge >= 0.3 is 5.97 Å². The van der Waals surface area contributed by atoms with Gasteiger partial charge in [0, 0.05) is 13.1 Å². The molecule has 104 valence electrons. The van der Waals surface area contributed by atoms with Crippen molar-refractivity contribution in [2.45, 2.75) is 6.42 Å². The molecular formula is C13H12BrN3O2S. The van der Waals surface area contributed by atoms with Crippen molar-refractivity contribution in [2.75, 3.05) is 18.0 Å². The van der Waals surface area contributed by atoms with E-state index in [-0.39, 0.29) is 5.92 Å². The molecule has 0 saturated carbocycles. The van der Waals surface area contributed by atoms with Crippen molar-refractivity contribution >= 4 is 39.1 Å². The first-order valence-corrected chi connectivity index (χ1v) is 7.81. The van der Waals surface area contributed by atoms with E-state index in [4.69, 9.17) is 5.11 Å². The number of rotatable bonds is 3. The van der Waals surface area contributed by atoms with Crippen LogP contribution in [0.1, 0.15) is 6.42 Å². The van der Waals surface area contributed by atoms with E-state index in [0.29, 0.717) is 13.0 Å². The molecule has 0 aromatic carbocycles. The van der Waals surface area contributed by atoms with Gasteiger partial charge < -0.3 is 10.0 Å². The number of anilines is 1. The van der Waals surface area contributed by atoms with Gasteiger partial charge in [-0.1, -0.05) is 0 Å². The first-order valence-electron chi connectivity index (χ1n) is 6.20. The average Bonchev–Trinajstić information content (AvgIpc) is 3.08. The maximum atomic E-state index is 11.0. The fourth-order valence-electron chi connectivity index (χ4n) is 2.25. The van der Waals surface area contributed by atoms with Gasteiger partial charge in [-0.25, -0.2) is 0 Å². The summed E-state index contributed by atoms with van der Waals surface area (Å²) in [6, 6.07) is 7.80.